The quantitative estimate of drug-likeness (QED) is 0.880. The number of benzene rings is 1. The molecule has 1 unspecified atom stereocenters. The lowest BCUT2D eigenvalue weighted by atomic mass is 10.2. The fourth-order valence-electron chi connectivity index (χ4n) is 1.42. The van der Waals surface area contributed by atoms with Gasteiger partial charge >= 0.3 is 0 Å². The molecule has 6 heteroatoms. The van der Waals surface area contributed by atoms with E-state index in [9.17, 15) is 9.59 Å². The molecule has 19 heavy (non-hydrogen) atoms. The van der Waals surface area contributed by atoms with Crippen molar-refractivity contribution >= 4 is 39.3 Å². The van der Waals surface area contributed by atoms with Gasteiger partial charge in [0, 0.05) is 15.5 Å². The Morgan fingerprint density at radius 2 is 1.84 bits per heavy atom. The van der Waals surface area contributed by atoms with Gasteiger partial charge in [-0.2, -0.15) is 0 Å². The first-order valence-electron chi connectivity index (χ1n) is 5.87. The summed E-state index contributed by atoms with van der Waals surface area (Å²) in [7, 11) is 0. The smallest absolute Gasteiger partial charge is 0.253 e. The van der Waals surface area contributed by atoms with Crippen molar-refractivity contribution in [2.45, 2.75) is 32.9 Å². The minimum Gasteiger partial charge on any atom is -0.352 e. The second-order valence-corrected chi connectivity index (χ2v) is 5.77. The molecule has 2 amide bonds. The molecule has 0 saturated heterocycles. The van der Waals surface area contributed by atoms with Gasteiger partial charge in [-0.15, -0.1) is 0 Å². The van der Waals surface area contributed by atoms with Crippen LogP contribution in [-0.2, 0) is 4.79 Å². The first kappa shape index (κ1) is 16.0. The molecule has 1 rings (SSSR count). The van der Waals surface area contributed by atoms with Crippen molar-refractivity contribution in [2.75, 3.05) is 0 Å². The van der Waals surface area contributed by atoms with Gasteiger partial charge in [-0.1, -0.05) is 11.6 Å². The van der Waals surface area contributed by atoms with Gasteiger partial charge < -0.3 is 10.6 Å². The summed E-state index contributed by atoms with van der Waals surface area (Å²) in [6.45, 7) is 5.36. The van der Waals surface area contributed by atoms with Crippen LogP contribution >= 0.6 is 27.5 Å². The summed E-state index contributed by atoms with van der Waals surface area (Å²) in [5, 5.41) is 5.83. The summed E-state index contributed by atoms with van der Waals surface area (Å²) in [4.78, 5) is 23.7. The molecule has 0 aliphatic rings. The van der Waals surface area contributed by atoms with Crippen molar-refractivity contribution in [3.63, 3.8) is 0 Å². The van der Waals surface area contributed by atoms with Crippen LogP contribution in [0.3, 0.4) is 0 Å². The number of halogens is 2. The lowest BCUT2D eigenvalue weighted by Crippen LogP contribution is -2.46. The number of carbonyl (C=O) groups excluding carboxylic acids is 2. The molecule has 0 radical (unpaired) electrons. The second kappa shape index (κ2) is 6.91. The summed E-state index contributed by atoms with van der Waals surface area (Å²) in [6, 6.07) is 4.34. The van der Waals surface area contributed by atoms with E-state index in [1.54, 1.807) is 25.1 Å². The van der Waals surface area contributed by atoms with E-state index in [2.05, 4.69) is 26.6 Å². The first-order valence-corrected chi connectivity index (χ1v) is 7.04. The highest BCUT2D eigenvalue weighted by atomic mass is 79.9. The molecule has 1 aromatic carbocycles. The van der Waals surface area contributed by atoms with Crippen molar-refractivity contribution in [3.05, 3.63) is 33.3 Å². The Kier molecular flexibility index (Phi) is 5.82. The molecule has 0 spiro atoms. The molecule has 0 aromatic heterocycles. The van der Waals surface area contributed by atoms with E-state index in [-0.39, 0.29) is 17.9 Å². The minimum atomic E-state index is -0.610. The van der Waals surface area contributed by atoms with Crippen LogP contribution in [0.5, 0.6) is 0 Å². The second-order valence-electron chi connectivity index (χ2n) is 4.48. The third-order valence-corrected chi connectivity index (χ3v) is 3.27. The van der Waals surface area contributed by atoms with Crippen molar-refractivity contribution in [2.24, 2.45) is 0 Å². The zero-order valence-corrected chi connectivity index (χ0v) is 13.3. The van der Waals surface area contributed by atoms with Crippen molar-refractivity contribution in [1.29, 1.82) is 0 Å². The Balaban J connectivity index is 2.74. The molecule has 0 bridgehead atoms. The van der Waals surface area contributed by atoms with Gasteiger partial charge in [-0.3, -0.25) is 9.59 Å². The number of nitrogens with one attached hydrogen (secondary N) is 2. The van der Waals surface area contributed by atoms with Crippen LogP contribution in [0.1, 0.15) is 31.1 Å². The number of rotatable bonds is 4. The van der Waals surface area contributed by atoms with Crippen molar-refractivity contribution in [3.8, 4) is 0 Å². The molecule has 0 fully saturated rings. The SMILES string of the molecule is CC(C)NC(=O)C(C)NC(=O)c1cc(Cl)ccc1Br. The van der Waals surface area contributed by atoms with Gasteiger partial charge in [-0.25, -0.2) is 0 Å². The van der Waals surface area contributed by atoms with Gasteiger partial charge in [0.25, 0.3) is 5.91 Å². The molecule has 1 aromatic rings. The normalized spacial score (nSPS) is 12.1. The molecule has 4 nitrogen and oxygen atoms in total. The molecule has 2 N–H and O–H groups in total. The maximum absolute atomic E-state index is 12.0. The third-order valence-electron chi connectivity index (χ3n) is 2.34. The minimum absolute atomic E-state index is 0.0322. The highest BCUT2D eigenvalue weighted by Gasteiger charge is 2.18. The monoisotopic (exact) mass is 346 g/mol. The lowest BCUT2D eigenvalue weighted by Gasteiger charge is -2.16. The zero-order valence-electron chi connectivity index (χ0n) is 11.0. The maximum atomic E-state index is 12.0. The van der Waals surface area contributed by atoms with E-state index in [1.165, 1.54) is 0 Å². The largest absolute Gasteiger partial charge is 0.352 e. The van der Waals surface area contributed by atoms with Gasteiger partial charge in [0.2, 0.25) is 5.91 Å². The van der Waals surface area contributed by atoms with Gasteiger partial charge in [0.15, 0.2) is 0 Å². The van der Waals surface area contributed by atoms with Crippen LogP contribution in [0.2, 0.25) is 5.02 Å². The Morgan fingerprint density at radius 3 is 2.42 bits per heavy atom. The third kappa shape index (κ3) is 4.84. The zero-order chi connectivity index (χ0) is 14.6. The highest BCUT2D eigenvalue weighted by molar-refractivity contribution is 9.10. The van der Waals surface area contributed by atoms with E-state index in [0.717, 1.165) is 0 Å². The number of carbonyl (C=O) groups is 2. The standard InChI is InChI=1S/C13H16BrClN2O2/c1-7(2)16-12(18)8(3)17-13(19)10-6-9(15)4-5-11(10)14/h4-8H,1-3H3,(H,16,18)(H,17,19). The molecular weight excluding hydrogens is 332 g/mol. The Bertz CT molecular complexity index is 492. The number of hydrogen-bond acceptors (Lipinski definition) is 2. The highest BCUT2D eigenvalue weighted by Crippen LogP contribution is 2.21. The van der Waals surface area contributed by atoms with Crippen LogP contribution < -0.4 is 10.6 Å². The van der Waals surface area contributed by atoms with Crippen LogP contribution in [0.25, 0.3) is 0 Å². The van der Waals surface area contributed by atoms with E-state index < -0.39 is 6.04 Å². The predicted octanol–water partition coefficient (Wildman–Crippen LogP) is 2.75. The average molecular weight is 348 g/mol. The summed E-state index contributed by atoms with van der Waals surface area (Å²) in [6.07, 6.45) is 0. The fraction of sp³-hybridized carbons (Fsp3) is 0.385. The molecular formula is C13H16BrClN2O2. The Labute approximate surface area is 126 Å². The van der Waals surface area contributed by atoms with Crippen LogP contribution in [0.4, 0.5) is 0 Å². The van der Waals surface area contributed by atoms with E-state index in [0.29, 0.717) is 15.1 Å². The van der Waals surface area contributed by atoms with Crippen LogP contribution in [-0.4, -0.2) is 23.9 Å². The van der Waals surface area contributed by atoms with Crippen molar-refractivity contribution in [1.82, 2.24) is 10.6 Å². The van der Waals surface area contributed by atoms with Gasteiger partial charge in [0.05, 0.1) is 5.56 Å². The summed E-state index contributed by atoms with van der Waals surface area (Å²) in [5.74, 6) is -0.567. The summed E-state index contributed by atoms with van der Waals surface area (Å²) >= 11 is 9.13. The Hall–Kier alpha value is -1.07. The molecule has 0 saturated carbocycles. The molecule has 0 aliphatic heterocycles. The Morgan fingerprint density at radius 1 is 1.21 bits per heavy atom. The van der Waals surface area contributed by atoms with Crippen LogP contribution in [0.15, 0.2) is 22.7 Å². The summed E-state index contributed by atoms with van der Waals surface area (Å²) < 4.78 is 0.630. The van der Waals surface area contributed by atoms with E-state index in [1.807, 2.05) is 13.8 Å². The molecule has 0 aliphatic carbocycles. The average Bonchev–Trinajstić information content (AvgIpc) is 2.31. The van der Waals surface area contributed by atoms with Gasteiger partial charge in [-0.05, 0) is 54.9 Å². The number of hydrogen-bond donors (Lipinski definition) is 2. The van der Waals surface area contributed by atoms with E-state index >= 15 is 0 Å². The van der Waals surface area contributed by atoms with E-state index in [4.69, 9.17) is 11.6 Å². The van der Waals surface area contributed by atoms with Gasteiger partial charge in [0.1, 0.15) is 6.04 Å². The predicted molar refractivity (Wildman–Crippen MR) is 79.4 cm³/mol. The number of amides is 2. The molecule has 1 atom stereocenters. The molecule has 104 valence electrons. The van der Waals surface area contributed by atoms with Crippen molar-refractivity contribution < 1.29 is 9.59 Å². The first-order chi connectivity index (χ1) is 8.81. The summed E-state index contributed by atoms with van der Waals surface area (Å²) in [5.41, 5.74) is 0.400. The topological polar surface area (TPSA) is 58.2 Å². The maximum Gasteiger partial charge on any atom is 0.253 e. The van der Waals surface area contributed by atoms with Crippen LogP contribution in [0, 0.1) is 0 Å². The lowest BCUT2D eigenvalue weighted by molar-refractivity contribution is -0.123. The fourth-order valence-corrected chi connectivity index (χ4v) is 2.02. The molecule has 0 heterocycles.